The third kappa shape index (κ3) is 11.7. The zero-order valence-electron chi connectivity index (χ0n) is 23.1. The summed E-state index contributed by atoms with van der Waals surface area (Å²) in [5.74, 6) is 0.581. The highest BCUT2D eigenvalue weighted by Crippen LogP contribution is 2.21. The maximum absolute atomic E-state index is 5.88. The summed E-state index contributed by atoms with van der Waals surface area (Å²) in [5.41, 5.74) is 19.2. The highest BCUT2D eigenvalue weighted by atomic mass is 15.2. The van der Waals surface area contributed by atoms with Gasteiger partial charge in [0, 0.05) is 49.0 Å². The molecule has 1 unspecified atom stereocenters. The van der Waals surface area contributed by atoms with Crippen molar-refractivity contribution in [2.24, 2.45) is 11.5 Å². The van der Waals surface area contributed by atoms with Crippen LogP contribution in [-0.2, 0) is 5.41 Å². The van der Waals surface area contributed by atoms with Gasteiger partial charge in [-0.05, 0) is 90.8 Å². The third-order valence-electron chi connectivity index (χ3n) is 6.55. The van der Waals surface area contributed by atoms with Crippen molar-refractivity contribution in [1.29, 1.82) is 0 Å². The SMILES string of the molecule is CC(C)(C)N1CCC(N)CC1.CC(C)(C)N1CCCC(N)C1.CC(C)(C)c1ccc(N)nc1. The molecule has 6 nitrogen and oxygen atoms in total. The van der Waals surface area contributed by atoms with Gasteiger partial charge in [-0.15, -0.1) is 0 Å². The number of hydrogen-bond acceptors (Lipinski definition) is 6. The summed E-state index contributed by atoms with van der Waals surface area (Å²) in [6, 6.07) is 4.71. The van der Waals surface area contributed by atoms with E-state index in [1.165, 1.54) is 38.0 Å². The van der Waals surface area contributed by atoms with Crippen molar-refractivity contribution in [2.45, 2.75) is 117 Å². The lowest BCUT2D eigenvalue weighted by Crippen LogP contribution is -2.51. The van der Waals surface area contributed by atoms with Crippen LogP contribution in [0.5, 0.6) is 0 Å². The van der Waals surface area contributed by atoms with Crippen LogP contribution < -0.4 is 17.2 Å². The summed E-state index contributed by atoms with van der Waals surface area (Å²) in [6.45, 7) is 24.7. The molecule has 0 aromatic carbocycles. The number of anilines is 1. The topological polar surface area (TPSA) is 97.4 Å². The van der Waals surface area contributed by atoms with Crippen molar-refractivity contribution in [3.05, 3.63) is 23.9 Å². The second kappa shape index (κ2) is 12.5. The van der Waals surface area contributed by atoms with Gasteiger partial charge in [-0.25, -0.2) is 4.98 Å². The largest absolute Gasteiger partial charge is 0.384 e. The van der Waals surface area contributed by atoms with Crippen LogP contribution in [0.15, 0.2) is 18.3 Å². The number of pyridine rings is 1. The summed E-state index contributed by atoms with van der Waals surface area (Å²) in [4.78, 5) is 9.01. The molecule has 2 fully saturated rings. The number of hydrogen-bond donors (Lipinski definition) is 3. The Hall–Kier alpha value is -1.21. The van der Waals surface area contributed by atoms with Gasteiger partial charge in [0.15, 0.2) is 0 Å². The van der Waals surface area contributed by atoms with E-state index in [-0.39, 0.29) is 5.41 Å². The predicted octanol–water partition coefficient (Wildman–Crippen LogP) is 4.38. The highest BCUT2D eigenvalue weighted by Gasteiger charge is 2.26. The first kappa shape index (κ1) is 29.8. The molecule has 2 aliphatic rings. The van der Waals surface area contributed by atoms with E-state index < -0.39 is 0 Å². The number of aromatic nitrogens is 1. The van der Waals surface area contributed by atoms with Crippen LogP contribution in [0.3, 0.4) is 0 Å². The van der Waals surface area contributed by atoms with Crippen LogP contribution in [0, 0.1) is 0 Å². The van der Waals surface area contributed by atoms with Crippen molar-refractivity contribution in [1.82, 2.24) is 14.8 Å². The van der Waals surface area contributed by atoms with Crippen LogP contribution >= 0.6 is 0 Å². The number of rotatable bonds is 0. The molecule has 1 atom stereocenters. The van der Waals surface area contributed by atoms with E-state index in [1.807, 2.05) is 18.3 Å². The van der Waals surface area contributed by atoms with Gasteiger partial charge < -0.3 is 17.2 Å². The normalized spacial score (nSPS) is 21.5. The lowest BCUT2D eigenvalue weighted by atomic mass is 9.88. The molecule has 0 amide bonds. The molecular formula is C27H54N6. The summed E-state index contributed by atoms with van der Waals surface area (Å²) in [6.07, 6.45) is 6.62. The average Bonchev–Trinajstić information content (AvgIpc) is 2.68. The Labute approximate surface area is 204 Å². The number of nitrogen functional groups attached to an aromatic ring is 1. The van der Waals surface area contributed by atoms with Crippen molar-refractivity contribution < 1.29 is 0 Å². The maximum Gasteiger partial charge on any atom is 0.123 e. The van der Waals surface area contributed by atoms with Crippen LogP contribution in [0.25, 0.3) is 0 Å². The monoisotopic (exact) mass is 462 g/mol. The first-order valence-electron chi connectivity index (χ1n) is 12.7. The van der Waals surface area contributed by atoms with Crippen molar-refractivity contribution in [3.63, 3.8) is 0 Å². The molecule has 2 saturated heterocycles. The van der Waals surface area contributed by atoms with Gasteiger partial charge >= 0.3 is 0 Å². The maximum atomic E-state index is 5.88. The highest BCUT2D eigenvalue weighted by molar-refractivity contribution is 5.31. The molecule has 192 valence electrons. The summed E-state index contributed by atoms with van der Waals surface area (Å²) in [5, 5.41) is 0. The minimum atomic E-state index is 0.167. The Balaban J connectivity index is 0.000000247. The molecule has 2 aliphatic heterocycles. The predicted molar refractivity (Wildman–Crippen MR) is 144 cm³/mol. The number of likely N-dealkylation sites (tertiary alicyclic amines) is 2. The smallest absolute Gasteiger partial charge is 0.123 e. The molecule has 6 heteroatoms. The van der Waals surface area contributed by atoms with E-state index >= 15 is 0 Å². The van der Waals surface area contributed by atoms with E-state index in [2.05, 4.69) is 77.1 Å². The number of nitrogens with zero attached hydrogens (tertiary/aromatic N) is 3. The van der Waals surface area contributed by atoms with E-state index in [9.17, 15) is 0 Å². The number of piperidine rings is 2. The molecule has 3 rings (SSSR count). The Kier molecular flexibility index (Phi) is 11.3. The lowest BCUT2D eigenvalue weighted by Gasteiger charge is -2.40. The molecule has 1 aromatic rings. The molecular weight excluding hydrogens is 408 g/mol. The Morgan fingerprint density at radius 3 is 1.67 bits per heavy atom. The molecule has 33 heavy (non-hydrogen) atoms. The Morgan fingerprint density at radius 1 is 0.758 bits per heavy atom. The van der Waals surface area contributed by atoms with E-state index in [0.717, 1.165) is 19.4 Å². The standard InChI is InChI=1S/C9H20N2.C9H14N2.C9H20N2/c1-9(2,3)11-6-4-8(10)5-7-11;1-9(2,3)7-4-5-8(10)11-6-7;1-9(2,3)11-6-4-5-8(10)7-11/h8H,4-7,10H2,1-3H3;4-6H,1-3H3,(H2,10,11);8H,4-7,10H2,1-3H3. The fourth-order valence-corrected chi connectivity index (χ4v) is 4.04. The van der Waals surface area contributed by atoms with Gasteiger partial charge in [0.1, 0.15) is 5.82 Å². The van der Waals surface area contributed by atoms with Gasteiger partial charge in [-0.3, -0.25) is 9.80 Å². The lowest BCUT2D eigenvalue weighted by molar-refractivity contribution is 0.0999. The quantitative estimate of drug-likeness (QED) is 0.529. The van der Waals surface area contributed by atoms with Gasteiger partial charge in [-0.2, -0.15) is 0 Å². The van der Waals surface area contributed by atoms with Crippen LogP contribution in [-0.4, -0.2) is 64.1 Å². The Morgan fingerprint density at radius 2 is 1.30 bits per heavy atom. The van der Waals surface area contributed by atoms with Crippen LogP contribution in [0.1, 0.15) is 93.6 Å². The first-order valence-corrected chi connectivity index (χ1v) is 12.7. The molecule has 0 radical (unpaired) electrons. The molecule has 6 N–H and O–H groups in total. The van der Waals surface area contributed by atoms with Crippen molar-refractivity contribution >= 4 is 5.82 Å². The molecule has 3 heterocycles. The van der Waals surface area contributed by atoms with Gasteiger partial charge in [0.05, 0.1) is 0 Å². The van der Waals surface area contributed by atoms with Gasteiger partial charge in [0.2, 0.25) is 0 Å². The zero-order valence-corrected chi connectivity index (χ0v) is 23.1. The second-order valence-corrected chi connectivity index (χ2v) is 12.7. The molecule has 0 bridgehead atoms. The van der Waals surface area contributed by atoms with Crippen molar-refractivity contribution in [2.75, 3.05) is 31.9 Å². The molecule has 1 aromatic heterocycles. The summed E-state index contributed by atoms with van der Waals surface area (Å²) < 4.78 is 0. The van der Waals surface area contributed by atoms with Crippen LogP contribution in [0.4, 0.5) is 5.82 Å². The zero-order chi connectivity index (χ0) is 25.4. The number of nitrogens with two attached hydrogens (primary N) is 3. The fraction of sp³-hybridized carbons (Fsp3) is 0.815. The molecule has 0 saturated carbocycles. The Bertz CT molecular complexity index is 658. The molecule has 0 spiro atoms. The van der Waals surface area contributed by atoms with Gasteiger partial charge in [0.25, 0.3) is 0 Å². The van der Waals surface area contributed by atoms with Crippen molar-refractivity contribution in [3.8, 4) is 0 Å². The van der Waals surface area contributed by atoms with Gasteiger partial charge in [-0.1, -0.05) is 26.8 Å². The minimum Gasteiger partial charge on any atom is -0.384 e. The minimum absolute atomic E-state index is 0.167. The average molecular weight is 463 g/mol. The summed E-state index contributed by atoms with van der Waals surface area (Å²) >= 11 is 0. The molecule has 0 aliphatic carbocycles. The second-order valence-electron chi connectivity index (χ2n) is 12.7. The van der Waals surface area contributed by atoms with E-state index in [4.69, 9.17) is 17.2 Å². The first-order chi connectivity index (χ1) is 15.0. The van der Waals surface area contributed by atoms with E-state index in [1.54, 1.807) is 0 Å². The van der Waals surface area contributed by atoms with Crippen LogP contribution in [0.2, 0.25) is 0 Å². The van der Waals surface area contributed by atoms with E-state index in [0.29, 0.717) is 29.0 Å². The third-order valence-corrected chi connectivity index (χ3v) is 6.55. The fourth-order valence-electron chi connectivity index (χ4n) is 4.04. The summed E-state index contributed by atoms with van der Waals surface area (Å²) in [7, 11) is 0.